The molecule has 5 rings (SSSR count). The van der Waals surface area contributed by atoms with Crippen molar-refractivity contribution in [2.45, 2.75) is 25.7 Å². The Hall–Kier alpha value is -3.59. The van der Waals surface area contributed by atoms with Gasteiger partial charge in [0.1, 0.15) is 0 Å². The van der Waals surface area contributed by atoms with Gasteiger partial charge in [-0.3, -0.25) is 9.35 Å². The SMILES string of the molecule is CCN(CC)c1cccc2c3cccc(C(=O)c4ccccc4Br)cc-3nc12.Cc1ccc(S(=O)(=O)O)cc1. The molecule has 0 bridgehead atoms. The van der Waals surface area contributed by atoms with Gasteiger partial charge in [-0.05, 0) is 57.2 Å². The van der Waals surface area contributed by atoms with Gasteiger partial charge in [0.15, 0.2) is 5.78 Å². The van der Waals surface area contributed by atoms with Crippen molar-refractivity contribution in [3.05, 3.63) is 112 Å². The van der Waals surface area contributed by atoms with E-state index in [0.29, 0.717) is 11.1 Å². The van der Waals surface area contributed by atoms with E-state index in [0.717, 1.165) is 51.0 Å². The number of benzene rings is 3. The third-order valence-corrected chi connectivity index (χ3v) is 8.01. The van der Waals surface area contributed by atoms with Gasteiger partial charge < -0.3 is 4.90 Å². The summed E-state index contributed by atoms with van der Waals surface area (Å²) in [6.07, 6.45) is 0. The average molecular weight is 606 g/mol. The summed E-state index contributed by atoms with van der Waals surface area (Å²) < 4.78 is 30.3. The van der Waals surface area contributed by atoms with Crippen LogP contribution in [0.25, 0.3) is 22.2 Å². The van der Waals surface area contributed by atoms with Crippen LogP contribution in [0, 0.1) is 6.92 Å². The van der Waals surface area contributed by atoms with Gasteiger partial charge in [-0.2, -0.15) is 8.42 Å². The molecule has 200 valence electrons. The second-order valence-electron chi connectivity index (χ2n) is 8.98. The van der Waals surface area contributed by atoms with Crippen LogP contribution in [-0.2, 0) is 10.1 Å². The van der Waals surface area contributed by atoms with E-state index < -0.39 is 10.1 Å². The number of halogens is 1. The van der Waals surface area contributed by atoms with Crippen LogP contribution in [0.2, 0.25) is 0 Å². The predicted octanol–water partition coefficient (Wildman–Crippen LogP) is 7.42. The maximum atomic E-state index is 13.1. The lowest BCUT2D eigenvalue weighted by Gasteiger charge is -2.21. The fraction of sp³-hybridized carbons (Fsp3) is 0.161. The molecular formula is C31H29BrN2O4S. The van der Waals surface area contributed by atoms with Crippen LogP contribution in [0.5, 0.6) is 0 Å². The van der Waals surface area contributed by atoms with Crippen molar-refractivity contribution in [2.24, 2.45) is 0 Å². The van der Waals surface area contributed by atoms with Crippen molar-refractivity contribution in [3.63, 3.8) is 0 Å². The summed E-state index contributed by atoms with van der Waals surface area (Å²) in [6.45, 7) is 8.00. The topological polar surface area (TPSA) is 87.6 Å². The fourth-order valence-corrected chi connectivity index (χ4v) is 5.33. The van der Waals surface area contributed by atoms with Gasteiger partial charge in [0, 0.05) is 39.6 Å². The summed E-state index contributed by atoms with van der Waals surface area (Å²) in [5.41, 5.74) is 6.28. The molecule has 3 aromatic carbocycles. The molecule has 1 aliphatic carbocycles. The van der Waals surface area contributed by atoms with E-state index in [-0.39, 0.29) is 10.7 Å². The number of aromatic nitrogens is 1. The lowest BCUT2D eigenvalue weighted by Crippen LogP contribution is -2.21. The van der Waals surface area contributed by atoms with Crippen molar-refractivity contribution in [1.29, 1.82) is 0 Å². The second-order valence-corrected chi connectivity index (χ2v) is 11.3. The van der Waals surface area contributed by atoms with Crippen LogP contribution in [0.3, 0.4) is 0 Å². The van der Waals surface area contributed by atoms with Crippen molar-refractivity contribution in [3.8, 4) is 11.3 Å². The molecule has 0 aromatic heterocycles. The number of hydrogen-bond acceptors (Lipinski definition) is 5. The molecule has 1 aliphatic heterocycles. The number of nitrogens with zero attached hydrogens (tertiary/aromatic N) is 2. The van der Waals surface area contributed by atoms with Gasteiger partial charge in [-0.25, -0.2) is 4.98 Å². The number of ketones is 1. The number of carbonyl (C=O) groups excluding carboxylic acids is 1. The number of anilines is 1. The molecule has 0 saturated carbocycles. The monoisotopic (exact) mass is 604 g/mol. The maximum absolute atomic E-state index is 13.1. The summed E-state index contributed by atoms with van der Waals surface area (Å²) in [6, 6.07) is 27.6. The predicted molar refractivity (Wildman–Crippen MR) is 160 cm³/mol. The van der Waals surface area contributed by atoms with E-state index in [1.54, 1.807) is 12.1 Å². The molecule has 8 heteroatoms. The zero-order valence-electron chi connectivity index (χ0n) is 21.9. The van der Waals surface area contributed by atoms with E-state index in [4.69, 9.17) is 9.54 Å². The highest BCUT2D eigenvalue weighted by molar-refractivity contribution is 9.10. The van der Waals surface area contributed by atoms with Crippen molar-refractivity contribution in [1.82, 2.24) is 4.98 Å². The van der Waals surface area contributed by atoms with E-state index in [2.05, 4.69) is 52.9 Å². The molecule has 1 N–H and O–H groups in total. The van der Waals surface area contributed by atoms with Crippen molar-refractivity contribution < 1.29 is 17.8 Å². The minimum atomic E-state index is -4.02. The normalized spacial score (nSPS) is 11.2. The van der Waals surface area contributed by atoms with Crippen LogP contribution in [-0.4, -0.2) is 36.8 Å². The van der Waals surface area contributed by atoms with Crippen molar-refractivity contribution >= 4 is 48.4 Å². The van der Waals surface area contributed by atoms with E-state index in [1.807, 2.05) is 55.5 Å². The van der Waals surface area contributed by atoms with Gasteiger partial charge >= 0.3 is 0 Å². The number of fused-ring (bicyclic) bond motifs is 3. The Balaban J connectivity index is 0.000000270. The summed E-state index contributed by atoms with van der Waals surface area (Å²) in [5, 5.41) is 1.12. The van der Waals surface area contributed by atoms with Gasteiger partial charge in [0.05, 0.1) is 21.8 Å². The summed E-state index contributed by atoms with van der Waals surface area (Å²) in [4.78, 5) is 20.2. The first-order valence-electron chi connectivity index (χ1n) is 12.5. The van der Waals surface area contributed by atoms with E-state index in [1.165, 1.54) is 12.1 Å². The highest BCUT2D eigenvalue weighted by Crippen LogP contribution is 2.36. The lowest BCUT2D eigenvalue weighted by molar-refractivity contribution is 0.103. The Kier molecular flexibility index (Phi) is 8.80. The zero-order valence-corrected chi connectivity index (χ0v) is 24.3. The average Bonchev–Trinajstić information content (AvgIpc) is 3.12. The molecule has 39 heavy (non-hydrogen) atoms. The number of para-hydroxylation sites is 1. The van der Waals surface area contributed by atoms with E-state index in [9.17, 15) is 13.2 Å². The summed E-state index contributed by atoms with van der Waals surface area (Å²) in [5.74, 6) is -0.0130. The molecule has 0 atom stereocenters. The molecule has 0 saturated heterocycles. The molecule has 1 heterocycles. The Morgan fingerprint density at radius 1 is 0.897 bits per heavy atom. The quantitative estimate of drug-likeness (QED) is 0.160. The smallest absolute Gasteiger partial charge is 0.294 e. The number of aryl methyl sites for hydroxylation is 1. The van der Waals surface area contributed by atoms with Crippen molar-refractivity contribution in [2.75, 3.05) is 18.0 Å². The molecule has 3 aromatic rings. The maximum Gasteiger partial charge on any atom is 0.294 e. The summed E-state index contributed by atoms with van der Waals surface area (Å²) >= 11 is 3.48. The van der Waals surface area contributed by atoms with E-state index >= 15 is 0 Å². The zero-order chi connectivity index (χ0) is 28.2. The lowest BCUT2D eigenvalue weighted by atomic mass is 10.0. The van der Waals surface area contributed by atoms with Gasteiger partial charge in [-0.1, -0.05) is 76.1 Å². The first-order valence-corrected chi connectivity index (χ1v) is 14.8. The first-order chi connectivity index (χ1) is 18.6. The van der Waals surface area contributed by atoms with Gasteiger partial charge in [0.25, 0.3) is 10.1 Å². The number of hydrogen-bond donors (Lipinski definition) is 1. The molecule has 0 amide bonds. The Morgan fingerprint density at radius 2 is 1.56 bits per heavy atom. The molecule has 0 fully saturated rings. The standard InChI is InChI=1S/C24H21BrN2O.C7H8O3S/c1-3-27(4-2)22-14-8-12-18-17-11-7-9-16(15-21(17)26-23(18)22)24(28)19-10-5-6-13-20(19)25;1-6-2-4-7(5-3-6)11(8,9)10/h5-15H,3-4H2,1-2H3;2-5H,1H3,(H,8,9,10). The van der Waals surface area contributed by atoms with Crippen LogP contribution in [0.1, 0.15) is 35.3 Å². The Morgan fingerprint density at radius 3 is 2.21 bits per heavy atom. The number of rotatable bonds is 6. The molecule has 6 nitrogen and oxygen atoms in total. The fourth-order valence-electron chi connectivity index (χ4n) is 4.39. The minimum absolute atomic E-state index is 0.0130. The van der Waals surface area contributed by atoms with Gasteiger partial charge in [-0.15, -0.1) is 0 Å². The number of carbonyl (C=O) groups is 1. The third-order valence-electron chi connectivity index (χ3n) is 6.45. The molecular weight excluding hydrogens is 576 g/mol. The van der Waals surface area contributed by atoms with Crippen LogP contribution >= 0.6 is 15.9 Å². The Labute approximate surface area is 237 Å². The largest absolute Gasteiger partial charge is 0.370 e. The van der Waals surface area contributed by atoms with Crippen LogP contribution < -0.4 is 4.90 Å². The highest BCUT2D eigenvalue weighted by Gasteiger charge is 2.18. The minimum Gasteiger partial charge on any atom is -0.370 e. The van der Waals surface area contributed by atoms with Crippen LogP contribution in [0.4, 0.5) is 5.69 Å². The Bertz CT molecular complexity index is 1700. The van der Waals surface area contributed by atoms with Crippen LogP contribution in [0.15, 0.2) is 100 Å². The van der Waals surface area contributed by atoms with Gasteiger partial charge in [0.2, 0.25) is 0 Å². The summed E-state index contributed by atoms with van der Waals surface area (Å²) in [7, 11) is -4.02. The highest BCUT2D eigenvalue weighted by atomic mass is 79.9. The molecule has 2 aliphatic rings. The second kappa shape index (κ2) is 12.1. The molecule has 0 unspecified atom stereocenters. The first kappa shape index (κ1) is 28.4. The third kappa shape index (κ3) is 6.36. The molecule has 0 spiro atoms. The molecule has 0 radical (unpaired) electrons.